The maximum atomic E-state index is 13.2. The highest BCUT2D eigenvalue weighted by Crippen LogP contribution is 2.35. The predicted molar refractivity (Wildman–Crippen MR) is 121 cm³/mol. The van der Waals surface area contributed by atoms with Crippen molar-refractivity contribution in [3.05, 3.63) is 79.7 Å². The highest BCUT2D eigenvalue weighted by molar-refractivity contribution is 8.00. The monoisotopic (exact) mass is 477 g/mol. The molecule has 2 N–H and O–H groups in total. The molecule has 2 aromatic carbocycles. The van der Waals surface area contributed by atoms with E-state index in [4.69, 9.17) is 16.3 Å². The quantitative estimate of drug-likeness (QED) is 0.197. The van der Waals surface area contributed by atoms with Gasteiger partial charge in [-0.1, -0.05) is 53.7 Å². The van der Waals surface area contributed by atoms with E-state index in [0.717, 1.165) is 11.8 Å². The van der Waals surface area contributed by atoms with Gasteiger partial charge in [0.25, 0.3) is 5.69 Å². The third-order valence-electron chi connectivity index (χ3n) is 4.43. The van der Waals surface area contributed by atoms with Gasteiger partial charge in [-0.15, -0.1) is 5.10 Å². The van der Waals surface area contributed by atoms with E-state index in [1.807, 2.05) is 6.07 Å². The number of aromatic amines is 1. The Hall–Kier alpha value is -3.15. The number of carbonyl (C=O) groups is 1. The van der Waals surface area contributed by atoms with Crippen molar-refractivity contribution in [3.63, 3.8) is 0 Å². The molecule has 0 saturated carbocycles. The molecule has 3 aromatic rings. The number of aromatic nitrogens is 3. The van der Waals surface area contributed by atoms with E-state index in [9.17, 15) is 19.7 Å². The second kappa shape index (κ2) is 10.9. The fourth-order valence-corrected chi connectivity index (χ4v) is 4.16. The van der Waals surface area contributed by atoms with Gasteiger partial charge in [-0.25, -0.2) is 9.89 Å². The Balaban J connectivity index is 1.88. The van der Waals surface area contributed by atoms with Crippen LogP contribution in [0, 0.1) is 10.1 Å². The number of ether oxygens (including phenoxy) is 1. The molecule has 1 atom stereocenters. The lowest BCUT2D eigenvalue weighted by atomic mass is 10.1. The average Bonchev–Trinajstić information content (AvgIpc) is 3.13. The fraction of sp³-hybridized carbons (Fsp3) is 0.250. The molecular weight excluding hydrogens is 458 g/mol. The Morgan fingerprint density at radius 2 is 2.09 bits per heavy atom. The number of nitrogens with zero attached hydrogens (tertiary/aromatic N) is 3. The number of nitro benzene ring substituents is 1. The molecule has 168 valence electrons. The highest BCUT2D eigenvalue weighted by Gasteiger charge is 2.26. The third kappa shape index (κ3) is 5.75. The molecular formula is C20H20ClN5O5S. The number of anilines is 1. The predicted octanol–water partition coefficient (Wildman–Crippen LogP) is 3.64. The Morgan fingerprint density at radius 1 is 1.34 bits per heavy atom. The molecule has 0 bridgehead atoms. The summed E-state index contributed by atoms with van der Waals surface area (Å²) in [6.45, 7) is 0.845. The zero-order valence-corrected chi connectivity index (χ0v) is 18.6. The standard InChI is InChI=1S/C20H20ClN5O5S/c1-31-11-5-10-25-19(28)23-24-20(25)32-17(13-6-3-2-4-7-13)18(27)22-14-8-9-15(21)16(12-14)26(29)30/h2-4,6-9,12,17H,5,10-11H2,1H3,(H,22,27)(H,23,28). The zero-order valence-electron chi connectivity index (χ0n) is 17.0. The molecule has 1 amide bonds. The van der Waals surface area contributed by atoms with Crippen molar-refractivity contribution in [2.75, 3.05) is 19.0 Å². The van der Waals surface area contributed by atoms with Crippen LogP contribution < -0.4 is 11.0 Å². The second-order valence-electron chi connectivity index (χ2n) is 6.63. The van der Waals surface area contributed by atoms with Crippen LogP contribution in [0.5, 0.6) is 0 Å². The van der Waals surface area contributed by atoms with Crippen LogP contribution >= 0.6 is 23.4 Å². The summed E-state index contributed by atoms with van der Waals surface area (Å²) in [4.78, 5) is 35.9. The van der Waals surface area contributed by atoms with Crippen molar-refractivity contribution < 1.29 is 14.5 Å². The summed E-state index contributed by atoms with van der Waals surface area (Å²) >= 11 is 6.95. The first-order valence-electron chi connectivity index (χ1n) is 9.51. The molecule has 0 aliphatic rings. The number of methoxy groups -OCH3 is 1. The van der Waals surface area contributed by atoms with Gasteiger partial charge >= 0.3 is 5.69 Å². The topological polar surface area (TPSA) is 132 Å². The van der Waals surface area contributed by atoms with Crippen molar-refractivity contribution in [2.24, 2.45) is 0 Å². The van der Waals surface area contributed by atoms with Gasteiger partial charge in [0.15, 0.2) is 5.16 Å². The number of hydrogen-bond acceptors (Lipinski definition) is 7. The number of nitro groups is 1. The smallest absolute Gasteiger partial charge is 0.343 e. The minimum atomic E-state index is -0.776. The Morgan fingerprint density at radius 3 is 2.78 bits per heavy atom. The van der Waals surface area contributed by atoms with Crippen LogP contribution in [0.25, 0.3) is 0 Å². The minimum absolute atomic E-state index is 0.0291. The molecule has 32 heavy (non-hydrogen) atoms. The van der Waals surface area contributed by atoms with Crippen molar-refractivity contribution in [1.29, 1.82) is 0 Å². The lowest BCUT2D eigenvalue weighted by Crippen LogP contribution is -2.21. The first-order chi connectivity index (χ1) is 15.4. The Bertz CT molecular complexity index is 1150. The molecule has 1 heterocycles. The lowest BCUT2D eigenvalue weighted by Gasteiger charge is -2.17. The van der Waals surface area contributed by atoms with Crippen LogP contribution in [0.2, 0.25) is 5.02 Å². The molecule has 1 aromatic heterocycles. The molecule has 0 saturated heterocycles. The summed E-state index contributed by atoms with van der Waals surface area (Å²) in [6, 6.07) is 13.0. The summed E-state index contributed by atoms with van der Waals surface area (Å²) in [5.74, 6) is -0.434. The van der Waals surface area contributed by atoms with Gasteiger partial charge in [0, 0.05) is 32.0 Å². The van der Waals surface area contributed by atoms with Gasteiger partial charge in [-0.05, 0) is 24.1 Å². The van der Waals surface area contributed by atoms with Crippen molar-refractivity contribution in [1.82, 2.24) is 14.8 Å². The summed E-state index contributed by atoms with van der Waals surface area (Å²) < 4.78 is 6.48. The average molecular weight is 478 g/mol. The fourth-order valence-electron chi connectivity index (χ4n) is 2.90. The van der Waals surface area contributed by atoms with Gasteiger partial charge in [0.05, 0.1) is 4.92 Å². The number of carbonyl (C=O) groups excluding carboxylic acids is 1. The number of halogens is 1. The van der Waals surface area contributed by atoms with E-state index in [1.54, 1.807) is 31.4 Å². The van der Waals surface area contributed by atoms with Crippen LogP contribution in [0.15, 0.2) is 58.5 Å². The summed E-state index contributed by atoms with van der Waals surface area (Å²) in [7, 11) is 1.57. The number of thioether (sulfide) groups is 1. The Labute approximate surface area is 192 Å². The summed E-state index contributed by atoms with van der Waals surface area (Å²) in [6.07, 6.45) is 0.597. The van der Waals surface area contributed by atoms with E-state index < -0.39 is 16.1 Å². The molecule has 10 nitrogen and oxygen atoms in total. The van der Waals surface area contributed by atoms with E-state index in [-0.39, 0.29) is 22.1 Å². The first-order valence-corrected chi connectivity index (χ1v) is 10.8. The van der Waals surface area contributed by atoms with Crippen LogP contribution in [-0.2, 0) is 16.1 Å². The van der Waals surface area contributed by atoms with Crippen LogP contribution in [0.3, 0.4) is 0 Å². The van der Waals surface area contributed by atoms with E-state index >= 15 is 0 Å². The third-order valence-corrected chi connectivity index (χ3v) is 5.99. The molecule has 12 heteroatoms. The zero-order chi connectivity index (χ0) is 23.1. The highest BCUT2D eigenvalue weighted by atomic mass is 35.5. The SMILES string of the molecule is COCCCn1c(SC(C(=O)Nc2ccc(Cl)c([N+](=O)[O-])c2)c2ccccc2)n[nH]c1=O. The van der Waals surface area contributed by atoms with Crippen molar-refractivity contribution >= 4 is 40.6 Å². The summed E-state index contributed by atoms with van der Waals surface area (Å²) in [5, 5.41) is 19.9. The van der Waals surface area contributed by atoms with E-state index in [2.05, 4.69) is 15.5 Å². The Kier molecular flexibility index (Phi) is 8.03. The number of benzene rings is 2. The van der Waals surface area contributed by atoms with Gasteiger partial charge < -0.3 is 10.1 Å². The van der Waals surface area contributed by atoms with Crippen molar-refractivity contribution in [3.8, 4) is 0 Å². The number of nitrogens with one attached hydrogen (secondary N) is 2. The van der Waals surface area contributed by atoms with E-state index in [0.29, 0.717) is 30.3 Å². The molecule has 0 spiro atoms. The van der Waals surface area contributed by atoms with Crippen LogP contribution in [0.4, 0.5) is 11.4 Å². The normalized spacial score (nSPS) is 11.8. The number of H-pyrrole nitrogens is 1. The van der Waals surface area contributed by atoms with Gasteiger partial charge in [-0.2, -0.15) is 0 Å². The first kappa shape index (κ1) is 23.5. The van der Waals surface area contributed by atoms with Gasteiger partial charge in [-0.3, -0.25) is 19.5 Å². The number of amides is 1. The largest absolute Gasteiger partial charge is 0.385 e. The van der Waals surface area contributed by atoms with Crippen LogP contribution in [-0.4, -0.2) is 39.3 Å². The lowest BCUT2D eigenvalue weighted by molar-refractivity contribution is -0.384. The molecule has 0 radical (unpaired) electrons. The minimum Gasteiger partial charge on any atom is -0.385 e. The summed E-state index contributed by atoms with van der Waals surface area (Å²) in [5.41, 5.74) is 0.210. The molecule has 0 aliphatic heterocycles. The van der Waals surface area contributed by atoms with Gasteiger partial charge in [0.2, 0.25) is 5.91 Å². The molecule has 0 fully saturated rings. The molecule has 3 rings (SSSR count). The molecule has 0 aliphatic carbocycles. The van der Waals surface area contributed by atoms with Gasteiger partial charge in [0.1, 0.15) is 10.3 Å². The van der Waals surface area contributed by atoms with E-state index in [1.165, 1.54) is 22.8 Å². The van der Waals surface area contributed by atoms with Crippen LogP contribution in [0.1, 0.15) is 17.2 Å². The number of rotatable bonds is 10. The van der Waals surface area contributed by atoms with Crippen molar-refractivity contribution in [2.45, 2.75) is 23.4 Å². The maximum Gasteiger partial charge on any atom is 0.343 e. The molecule has 1 unspecified atom stereocenters. The number of hydrogen-bond donors (Lipinski definition) is 2. The maximum absolute atomic E-state index is 13.2. The second-order valence-corrected chi connectivity index (χ2v) is 8.11.